The molecule has 0 aliphatic carbocycles. The van der Waals surface area contributed by atoms with Crippen LogP contribution in [0, 0.1) is 0 Å². The molecule has 0 bridgehead atoms. The normalized spacial score (nSPS) is 10.9. The minimum absolute atomic E-state index is 0.721. The molecular formula is C6H16O3SSi. The first kappa shape index (κ1) is 11.4. The molecule has 0 saturated carbocycles. The van der Waals surface area contributed by atoms with Crippen LogP contribution in [-0.2, 0) is 13.3 Å². The summed E-state index contributed by atoms with van der Waals surface area (Å²) < 4.78 is 15.2. The van der Waals surface area contributed by atoms with Gasteiger partial charge in [-0.25, -0.2) is 0 Å². The molecule has 0 fully saturated rings. The highest BCUT2D eigenvalue weighted by molar-refractivity contribution is 7.80. The fourth-order valence-electron chi connectivity index (χ4n) is 0.626. The van der Waals surface area contributed by atoms with Gasteiger partial charge < -0.3 is 13.3 Å². The molecule has 68 valence electrons. The van der Waals surface area contributed by atoms with Gasteiger partial charge in [-0.15, -0.1) is 0 Å². The lowest BCUT2D eigenvalue weighted by Crippen LogP contribution is -2.24. The molecule has 0 heterocycles. The van der Waals surface area contributed by atoms with E-state index in [-0.39, 0.29) is 0 Å². The fraction of sp³-hybridized carbons (Fsp3) is 1.00. The Labute approximate surface area is 75.4 Å². The van der Waals surface area contributed by atoms with Crippen LogP contribution in [0.1, 0.15) is 12.8 Å². The minimum atomic E-state index is -1.76. The van der Waals surface area contributed by atoms with E-state index in [0.717, 1.165) is 25.2 Å². The van der Waals surface area contributed by atoms with Crippen molar-refractivity contribution in [1.29, 1.82) is 0 Å². The zero-order valence-electron chi connectivity index (χ0n) is 7.08. The lowest BCUT2D eigenvalue weighted by Gasteiger charge is -2.10. The molecular weight excluding hydrogens is 180 g/mol. The third-order valence-corrected chi connectivity index (χ3v) is 2.79. The summed E-state index contributed by atoms with van der Waals surface area (Å²) in [4.78, 5) is 0. The Morgan fingerprint density at radius 3 is 2.27 bits per heavy atom. The van der Waals surface area contributed by atoms with Crippen molar-refractivity contribution in [2.75, 3.05) is 26.6 Å². The van der Waals surface area contributed by atoms with Gasteiger partial charge in [0.2, 0.25) is 0 Å². The van der Waals surface area contributed by atoms with Crippen LogP contribution in [0.4, 0.5) is 0 Å². The number of unbranched alkanes of at least 4 members (excludes halogenated alkanes) is 1. The van der Waals surface area contributed by atoms with E-state index < -0.39 is 9.53 Å². The Kier molecular flexibility index (Phi) is 8.89. The van der Waals surface area contributed by atoms with Gasteiger partial charge in [-0.2, -0.15) is 12.6 Å². The fourth-order valence-corrected chi connectivity index (χ4v) is 1.67. The molecule has 0 spiro atoms. The zero-order chi connectivity index (χ0) is 8.53. The van der Waals surface area contributed by atoms with Gasteiger partial charge in [0.1, 0.15) is 0 Å². The van der Waals surface area contributed by atoms with Gasteiger partial charge in [0, 0.05) is 20.8 Å². The van der Waals surface area contributed by atoms with Crippen LogP contribution in [-0.4, -0.2) is 36.1 Å². The van der Waals surface area contributed by atoms with Crippen molar-refractivity contribution in [2.45, 2.75) is 12.8 Å². The van der Waals surface area contributed by atoms with Crippen LogP contribution in [0.5, 0.6) is 0 Å². The van der Waals surface area contributed by atoms with Crippen molar-refractivity contribution in [3.63, 3.8) is 0 Å². The molecule has 0 atom stereocenters. The summed E-state index contributed by atoms with van der Waals surface area (Å²) in [6.45, 7) is 0.721. The second-order valence-electron chi connectivity index (χ2n) is 2.06. The van der Waals surface area contributed by atoms with E-state index in [9.17, 15) is 0 Å². The molecule has 0 aliphatic rings. The SMILES string of the molecule is CO[SiH](OC)OCCCCS. The first-order chi connectivity index (χ1) is 5.35. The van der Waals surface area contributed by atoms with Crippen LogP contribution in [0.25, 0.3) is 0 Å². The van der Waals surface area contributed by atoms with Gasteiger partial charge in [-0.05, 0) is 18.6 Å². The Balaban J connectivity index is 3.07. The Hall–Kier alpha value is 0.447. The molecule has 0 unspecified atom stereocenters. The third kappa shape index (κ3) is 6.83. The highest BCUT2D eigenvalue weighted by Crippen LogP contribution is 1.95. The van der Waals surface area contributed by atoms with Crippen LogP contribution >= 0.6 is 12.6 Å². The molecule has 0 aliphatic heterocycles. The number of hydrogen-bond donors (Lipinski definition) is 1. The molecule has 5 heteroatoms. The summed E-state index contributed by atoms with van der Waals surface area (Å²) in [6, 6.07) is 0. The highest BCUT2D eigenvalue weighted by atomic mass is 32.1. The van der Waals surface area contributed by atoms with Crippen molar-refractivity contribution in [2.24, 2.45) is 0 Å². The van der Waals surface area contributed by atoms with Gasteiger partial charge in [-0.3, -0.25) is 0 Å². The third-order valence-electron chi connectivity index (χ3n) is 1.19. The summed E-state index contributed by atoms with van der Waals surface area (Å²) in [7, 11) is 1.46. The molecule has 0 N–H and O–H groups in total. The van der Waals surface area contributed by atoms with Gasteiger partial charge in [-0.1, -0.05) is 0 Å². The maximum Gasteiger partial charge on any atom is 0.483 e. The van der Waals surface area contributed by atoms with E-state index in [0.29, 0.717) is 0 Å². The summed E-state index contributed by atoms with van der Waals surface area (Å²) in [6.07, 6.45) is 2.11. The monoisotopic (exact) mass is 196 g/mol. The Bertz CT molecular complexity index is 80.2. The van der Waals surface area contributed by atoms with Crippen LogP contribution in [0.2, 0.25) is 0 Å². The second kappa shape index (κ2) is 8.54. The molecule has 3 nitrogen and oxygen atoms in total. The van der Waals surface area contributed by atoms with Crippen molar-refractivity contribution < 1.29 is 13.3 Å². The summed E-state index contributed by atoms with van der Waals surface area (Å²) >= 11 is 4.08. The summed E-state index contributed by atoms with van der Waals surface area (Å²) in [5.74, 6) is 0.912. The van der Waals surface area contributed by atoms with Crippen LogP contribution in [0.3, 0.4) is 0 Å². The number of hydrogen-bond acceptors (Lipinski definition) is 4. The van der Waals surface area contributed by atoms with E-state index in [1.54, 1.807) is 14.2 Å². The van der Waals surface area contributed by atoms with Crippen molar-refractivity contribution >= 4 is 22.2 Å². The lowest BCUT2D eigenvalue weighted by molar-refractivity contribution is 0.134. The molecule has 0 saturated heterocycles. The van der Waals surface area contributed by atoms with E-state index in [4.69, 9.17) is 13.3 Å². The minimum Gasteiger partial charge on any atom is -0.379 e. The molecule has 0 rings (SSSR count). The Morgan fingerprint density at radius 1 is 1.18 bits per heavy atom. The van der Waals surface area contributed by atoms with Crippen molar-refractivity contribution in [1.82, 2.24) is 0 Å². The highest BCUT2D eigenvalue weighted by Gasteiger charge is 2.08. The maximum atomic E-state index is 5.30. The molecule has 11 heavy (non-hydrogen) atoms. The topological polar surface area (TPSA) is 27.7 Å². The van der Waals surface area contributed by atoms with Gasteiger partial charge >= 0.3 is 9.53 Å². The standard InChI is InChI=1S/C6H16O3SSi/c1-7-11(8-2)9-5-3-4-6-10/h10-11H,3-6H2,1-2H3. The number of thiol groups is 1. The summed E-state index contributed by atoms with van der Waals surface area (Å²) in [5.41, 5.74) is 0. The van der Waals surface area contributed by atoms with Crippen molar-refractivity contribution in [3.8, 4) is 0 Å². The average molecular weight is 196 g/mol. The van der Waals surface area contributed by atoms with E-state index >= 15 is 0 Å². The predicted octanol–water partition coefficient (Wildman–Crippen LogP) is 0.723. The first-order valence-electron chi connectivity index (χ1n) is 3.63. The Morgan fingerprint density at radius 2 is 1.82 bits per heavy atom. The lowest BCUT2D eigenvalue weighted by atomic mass is 10.4. The quantitative estimate of drug-likeness (QED) is 0.369. The average Bonchev–Trinajstić information content (AvgIpc) is 2.05. The van der Waals surface area contributed by atoms with E-state index in [1.807, 2.05) is 0 Å². The second-order valence-corrected chi connectivity index (χ2v) is 4.36. The first-order valence-corrected chi connectivity index (χ1v) is 5.68. The van der Waals surface area contributed by atoms with Gasteiger partial charge in [0.15, 0.2) is 0 Å². The molecule has 0 amide bonds. The van der Waals surface area contributed by atoms with E-state index in [2.05, 4.69) is 12.6 Å². The largest absolute Gasteiger partial charge is 0.483 e. The smallest absolute Gasteiger partial charge is 0.379 e. The van der Waals surface area contributed by atoms with Crippen LogP contribution in [0.15, 0.2) is 0 Å². The molecule has 0 aromatic carbocycles. The van der Waals surface area contributed by atoms with Gasteiger partial charge in [0.25, 0.3) is 0 Å². The zero-order valence-corrected chi connectivity index (χ0v) is 9.13. The van der Waals surface area contributed by atoms with Crippen molar-refractivity contribution in [3.05, 3.63) is 0 Å². The summed E-state index contributed by atoms with van der Waals surface area (Å²) in [5, 5.41) is 0. The molecule has 0 aromatic rings. The van der Waals surface area contributed by atoms with Gasteiger partial charge in [0.05, 0.1) is 0 Å². The maximum absolute atomic E-state index is 5.30. The molecule has 0 aromatic heterocycles. The number of rotatable bonds is 7. The predicted molar refractivity (Wildman–Crippen MR) is 50.2 cm³/mol. The molecule has 0 radical (unpaired) electrons. The van der Waals surface area contributed by atoms with E-state index in [1.165, 1.54) is 0 Å². The van der Waals surface area contributed by atoms with Crippen LogP contribution < -0.4 is 0 Å².